The van der Waals surface area contributed by atoms with Gasteiger partial charge in [-0.15, -0.1) is 0 Å². The molecule has 36 heavy (non-hydrogen) atoms. The number of nitrogens with one attached hydrogen (secondary N) is 2. The van der Waals surface area contributed by atoms with Crippen LogP contribution in [0.25, 0.3) is 0 Å². The van der Waals surface area contributed by atoms with Gasteiger partial charge in [-0.25, -0.2) is 18.4 Å². The second-order valence-electron chi connectivity index (χ2n) is 7.10. The van der Waals surface area contributed by atoms with Crippen LogP contribution >= 0.6 is 0 Å². The highest BCUT2D eigenvalue weighted by Crippen LogP contribution is 2.39. The molecule has 3 aromatic rings. The first-order valence-corrected chi connectivity index (χ1v) is 12.7. The second-order valence-corrected chi connectivity index (χ2v) is 8.78. The molecule has 2 aromatic carbocycles. The van der Waals surface area contributed by atoms with E-state index in [4.69, 9.17) is 18.9 Å². The first-order chi connectivity index (χ1) is 17.3. The summed E-state index contributed by atoms with van der Waals surface area (Å²) in [5.41, 5.74) is 0.680. The summed E-state index contributed by atoms with van der Waals surface area (Å²) in [7, 11) is -2.61. The predicted octanol–water partition coefficient (Wildman–Crippen LogP) is 3.73. The first kappa shape index (κ1) is 26.5. The Bertz CT molecular complexity index is 1270. The number of rotatable bonds is 12. The summed E-state index contributed by atoms with van der Waals surface area (Å²) in [6, 6.07) is 8.81. The fourth-order valence-corrected chi connectivity index (χ4v) is 4.18. The molecule has 1 heterocycles. The number of sulfonamides is 1. The van der Waals surface area contributed by atoms with Crippen LogP contribution in [0, 0.1) is 0 Å². The van der Waals surface area contributed by atoms with E-state index in [1.807, 2.05) is 20.8 Å². The third-order valence-corrected chi connectivity index (χ3v) is 6.04. The molecule has 192 valence electrons. The Hall–Kier alpha value is -4.06. The van der Waals surface area contributed by atoms with Crippen LogP contribution in [0.2, 0.25) is 0 Å². The van der Waals surface area contributed by atoms with Gasteiger partial charge in [-0.1, -0.05) is 0 Å². The molecule has 0 atom stereocenters. The maximum atomic E-state index is 13.0. The van der Waals surface area contributed by atoms with E-state index in [1.54, 1.807) is 12.1 Å². The fourth-order valence-electron chi connectivity index (χ4n) is 3.17. The van der Waals surface area contributed by atoms with Gasteiger partial charge in [0.05, 0.1) is 31.8 Å². The maximum Gasteiger partial charge on any atom is 0.263 e. The molecule has 2 N–H and O–H groups in total. The molecule has 0 spiro atoms. The van der Waals surface area contributed by atoms with Crippen molar-refractivity contribution >= 4 is 27.4 Å². The van der Waals surface area contributed by atoms with E-state index in [0.29, 0.717) is 48.3 Å². The summed E-state index contributed by atoms with van der Waals surface area (Å²) in [5, 5.41) is 2.75. The van der Waals surface area contributed by atoms with Crippen molar-refractivity contribution in [2.75, 3.05) is 37.0 Å². The average molecular weight is 517 g/mol. The van der Waals surface area contributed by atoms with Gasteiger partial charge in [0.25, 0.3) is 21.8 Å². The number of nitrogens with zero attached hydrogens (tertiary/aromatic N) is 2. The van der Waals surface area contributed by atoms with Crippen LogP contribution in [0.4, 0.5) is 11.5 Å². The summed E-state index contributed by atoms with van der Waals surface area (Å²) < 4.78 is 49.8. The fraction of sp³-hybridized carbons (Fsp3) is 0.292. The number of ether oxygens (including phenoxy) is 4. The van der Waals surface area contributed by atoms with Crippen molar-refractivity contribution in [2.24, 2.45) is 0 Å². The van der Waals surface area contributed by atoms with Crippen molar-refractivity contribution in [3.63, 3.8) is 0 Å². The summed E-state index contributed by atoms with van der Waals surface area (Å²) in [4.78, 5) is 20.8. The molecule has 12 heteroatoms. The van der Waals surface area contributed by atoms with Crippen molar-refractivity contribution in [3.05, 3.63) is 54.4 Å². The zero-order valence-electron chi connectivity index (χ0n) is 20.4. The van der Waals surface area contributed by atoms with Crippen molar-refractivity contribution in [1.82, 2.24) is 9.97 Å². The monoisotopic (exact) mass is 516 g/mol. The van der Waals surface area contributed by atoms with E-state index in [0.717, 1.165) is 0 Å². The number of aromatic nitrogens is 2. The number of carbonyl (C=O) groups excluding carboxylic acids is 1. The Labute approximate surface area is 209 Å². The lowest BCUT2D eigenvalue weighted by Crippen LogP contribution is -2.16. The van der Waals surface area contributed by atoms with Crippen molar-refractivity contribution in [2.45, 2.75) is 25.7 Å². The van der Waals surface area contributed by atoms with Gasteiger partial charge in [0, 0.05) is 23.6 Å². The minimum atomic E-state index is -3.97. The lowest BCUT2D eigenvalue weighted by Gasteiger charge is -2.17. The van der Waals surface area contributed by atoms with E-state index in [2.05, 4.69) is 20.0 Å². The molecule has 0 saturated carbocycles. The highest BCUT2D eigenvalue weighted by atomic mass is 32.2. The van der Waals surface area contributed by atoms with E-state index < -0.39 is 15.9 Å². The smallest absolute Gasteiger partial charge is 0.263 e. The van der Waals surface area contributed by atoms with Gasteiger partial charge >= 0.3 is 0 Å². The van der Waals surface area contributed by atoms with Gasteiger partial charge in [-0.3, -0.25) is 9.52 Å². The predicted molar refractivity (Wildman–Crippen MR) is 134 cm³/mol. The molecule has 1 amide bonds. The molecule has 3 rings (SSSR count). The van der Waals surface area contributed by atoms with Crippen molar-refractivity contribution in [1.29, 1.82) is 0 Å². The second kappa shape index (κ2) is 12.1. The van der Waals surface area contributed by atoms with Crippen LogP contribution in [0.3, 0.4) is 0 Å². The standard InChI is InChI=1S/C24H28N4O7S/c1-5-33-19-14-16(15-20(34-6-2)21(19)35-7-3)23(29)27-17-8-10-18(11-9-17)36(30,31)28-22-24(32-4)26-13-12-25-22/h8-15H,5-7H2,1-4H3,(H,25,28)(H,27,29). The van der Waals surface area contributed by atoms with Crippen molar-refractivity contribution in [3.8, 4) is 23.1 Å². The maximum absolute atomic E-state index is 13.0. The molecule has 0 radical (unpaired) electrons. The third kappa shape index (κ3) is 6.33. The zero-order valence-corrected chi connectivity index (χ0v) is 21.2. The molecular formula is C24H28N4O7S. The largest absolute Gasteiger partial charge is 0.490 e. The van der Waals surface area contributed by atoms with Gasteiger partial charge in [0.15, 0.2) is 11.5 Å². The molecule has 0 bridgehead atoms. The van der Waals surface area contributed by atoms with Gasteiger partial charge in [-0.2, -0.15) is 0 Å². The lowest BCUT2D eigenvalue weighted by molar-refractivity contribution is 0.102. The van der Waals surface area contributed by atoms with Crippen LogP contribution in [0.15, 0.2) is 53.7 Å². The highest BCUT2D eigenvalue weighted by Gasteiger charge is 2.20. The van der Waals surface area contributed by atoms with E-state index in [1.165, 1.54) is 43.8 Å². The highest BCUT2D eigenvalue weighted by molar-refractivity contribution is 7.92. The number of anilines is 2. The van der Waals surface area contributed by atoms with E-state index >= 15 is 0 Å². The number of amides is 1. The van der Waals surface area contributed by atoms with Gasteiger partial charge < -0.3 is 24.3 Å². The topological polar surface area (TPSA) is 138 Å². The molecule has 1 aromatic heterocycles. The Balaban J connectivity index is 1.81. The number of carbonyl (C=O) groups is 1. The van der Waals surface area contributed by atoms with Crippen LogP contribution in [0.5, 0.6) is 23.1 Å². The molecule has 0 aliphatic heterocycles. The number of hydrogen-bond donors (Lipinski definition) is 2. The normalized spacial score (nSPS) is 10.9. The van der Waals surface area contributed by atoms with E-state index in [-0.39, 0.29) is 16.6 Å². The van der Waals surface area contributed by atoms with Crippen LogP contribution in [0.1, 0.15) is 31.1 Å². The average Bonchev–Trinajstić information content (AvgIpc) is 2.86. The van der Waals surface area contributed by atoms with E-state index in [9.17, 15) is 13.2 Å². The minimum Gasteiger partial charge on any atom is -0.490 e. The first-order valence-electron chi connectivity index (χ1n) is 11.2. The molecule has 0 fully saturated rings. The zero-order chi connectivity index (χ0) is 26.1. The molecule has 0 saturated heterocycles. The Morgan fingerprint density at radius 3 is 2.03 bits per heavy atom. The van der Waals surface area contributed by atoms with Gasteiger partial charge in [0.2, 0.25) is 11.6 Å². The minimum absolute atomic E-state index is 0.0356. The Morgan fingerprint density at radius 2 is 1.47 bits per heavy atom. The van der Waals surface area contributed by atoms with Crippen molar-refractivity contribution < 1.29 is 32.2 Å². The Kier molecular flexibility index (Phi) is 8.90. The molecule has 0 aliphatic rings. The summed E-state index contributed by atoms with van der Waals surface area (Å²) in [6.07, 6.45) is 2.72. The molecular weight excluding hydrogens is 488 g/mol. The van der Waals surface area contributed by atoms with Crippen LogP contribution < -0.4 is 29.0 Å². The summed E-state index contributed by atoms with van der Waals surface area (Å²) in [5.74, 6) is 0.781. The lowest BCUT2D eigenvalue weighted by atomic mass is 10.1. The number of hydrogen-bond acceptors (Lipinski definition) is 9. The van der Waals surface area contributed by atoms with Gasteiger partial charge in [-0.05, 0) is 57.2 Å². The molecule has 0 unspecified atom stereocenters. The SMILES string of the molecule is CCOc1cc(C(=O)Nc2ccc(S(=O)(=O)Nc3nccnc3OC)cc2)cc(OCC)c1OCC. The summed E-state index contributed by atoms with van der Waals surface area (Å²) >= 11 is 0. The Morgan fingerprint density at radius 1 is 0.889 bits per heavy atom. The van der Waals surface area contributed by atoms with Gasteiger partial charge in [0.1, 0.15) is 0 Å². The van der Waals surface area contributed by atoms with Crippen LogP contribution in [-0.2, 0) is 10.0 Å². The number of methoxy groups -OCH3 is 1. The molecule has 0 aliphatic carbocycles. The quantitative estimate of drug-likeness (QED) is 0.369. The number of benzene rings is 2. The third-order valence-electron chi connectivity index (χ3n) is 4.68. The molecule has 11 nitrogen and oxygen atoms in total. The van der Waals surface area contributed by atoms with Crippen LogP contribution in [-0.4, -0.2) is 51.2 Å². The summed E-state index contributed by atoms with van der Waals surface area (Å²) in [6.45, 7) is 6.65.